The largest absolute Gasteiger partial charge is 0.310 e. The first-order chi connectivity index (χ1) is 8.69. The second-order valence-corrected chi connectivity index (χ2v) is 4.55. The van der Waals surface area contributed by atoms with Crippen molar-refractivity contribution in [1.29, 1.82) is 0 Å². The van der Waals surface area contributed by atoms with Crippen LogP contribution in [0.3, 0.4) is 0 Å². The van der Waals surface area contributed by atoms with Crippen molar-refractivity contribution in [3.05, 3.63) is 34.6 Å². The number of nitrogens with one attached hydrogen (secondary N) is 1. The summed E-state index contributed by atoms with van der Waals surface area (Å²) < 4.78 is 13.5. The van der Waals surface area contributed by atoms with Crippen LogP contribution in [0.4, 0.5) is 4.39 Å². The van der Waals surface area contributed by atoms with Crippen molar-refractivity contribution in [2.45, 2.75) is 39.2 Å². The maximum Gasteiger partial charge on any atom is 0.142 e. The van der Waals surface area contributed by atoms with Crippen molar-refractivity contribution in [2.75, 3.05) is 6.54 Å². The van der Waals surface area contributed by atoms with Gasteiger partial charge in [-0.2, -0.15) is 0 Å². The molecule has 1 N–H and O–H groups in total. The third-order valence-corrected chi connectivity index (χ3v) is 3.03. The van der Waals surface area contributed by atoms with Gasteiger partial charge in [-0.05, 0) is 44.0 Å². The molecule has 0 fully saturated rings. The molecule has 0 saturated heterocycles. The fourth-order valence-electron chi connectivity index (χ4n) is 1.78. The molecule has 1 rings (SSSR count). The SMILES string of the molecule is CC#CCCC(NCCC)c1ccc(Cl)c(F)c1. The maximum absolute atomic E-state index is 13.5. The Morgan fingerprint density at radius 3 is 2.83 bits per heavy atom. The number of hydrogen-bond donors (Lipinski definition) is 1. The lowest BCUT2D eigenvalue weighted by molar-refractivity contribution is 0.502. The van der Waals surface area contributed by atoms with Crippen LogP contribution in [0.1, 0.15) is 44.7 Å². The minimum absolute atomic E-state index is 0.137. The molecule has 1 aromatic rings. The zero-order valence-electron chi connectivity index (χ0n) is 10.9. The summed E-state index contributed by atoms with van der Waals surface area (Å²) in [5.74, 6) is 5.56. The van der Waals surface area contributed by atoms with Crippen LogP contribution >= 0.6 is 11.6 Å². The zero-order valence-corrected chi connectivity index (χ0v) is 11.6. The van der Waals surface area contributed by atoms with E-state index in [1.54, 1.807) is 6.07 Å². The first kappa shape index (κ1) is 15.0. The molecule has 1 nitrogen and oxygen atoms in total. The second-order valence-electron chi connectivity index (χ2n) is 4.15. The summed E-state index contributed by atoms with van der Waals surface area (Å²) in [5.41, 5.74) is 0.934. The monoisotopic (exact) mass is 267 g/mol. The lowest BCUT2D eigenvalue weighted by Gasteiger charge is -2.18. The van der Waals surface area contributed by atoms with E-state index in [-0.39, 0.29) is 16.9 Å². The molecule has 3 heteroatoms. The summed E-state index contributed by atoms with van der Waals surface area (Å²) in [4.78, 5) is 0. The quantitative estimate of drug-likeness (QED) is 0.757. The van der Waals surface area contributed by atoms with E-state index in [9.17, 15) is 4.39 Å². The minimum atomic E-state index is -0.362. The summed E-state index contributed by atoms with van der Waals surface area (Å²) in [6.07, 6.45) is 2.73. The van der Waals surface area contributed by atoms with Crippen molar-refractivity contribution in [3.63, 3.8) is 0 Å². The van der Waals surface area contributed by atoms with Gasteiger partial charge < -0.3 is 5.32 Å². The molecule has 0 aliphatic heterocycles. The molecule has 0 bridgehead atoms. The first-order valence-electron chi connectivity index (χ1n) is 6.27. The van der Waals surface area contributed by atoms with E-state index in [1.807, 2.05) is 13.0 Å². The van der Waals surface area contributed by atoms with Gasteiger partial charge in [-0.3, -0.25) is 0 Å². The molecule has 0 saturated carbocycles. The third kappa shape index (κ3) is 4.68. The van der Waals surface area contributed by atoms with Gasteiger partial charge in [0.15, 0.2) is 0 Å². The average Bonchev–Trinajstić information content (AvgIpc) is 2.37. The standard InChI is InChI=1S/C15H19ClFN/c1-3-5-6-7-15(18-10-4-2)12-8-9-13(16)14(17)11-12/h8-9,11,15,18H,4,6-7,10H2,1-2H3. The van der Waals surface area contributed by atoms with E-state index in [2.05, 4.69) is 24.1 Å². The predicted molar refractivity (Wildman–Crippen MR) is 75.1 cm³/mol. The number of halogens is 2. The van der Waals surface area contributed by atoms with Gasteiger partial charge in [0.1, 0.15) is 5.82 Å². The Labute approximate surface area is 114 Å². The van der Waals surface area contributed by atoms with Crippen LogP contribution in [0.25, 0.3) is 0 Å². The Bertz CT molecular complexity index is 434. The minimum Gasteiger partial charge on any atom is -0.310 e. The lowest BCUT2D eigenvalue weighted by atomic mass is 10.0. The van der Waals surface area contributed by atoms with Crippen LogP contribution in [0.15, 0.2) is 18.2 Å². The summed E-state index contributed by atoms with van der Waals surface area (Å²) in [6.45, 7) is 4.85. The lowest BCUT2D eigenvalue weighted by Crippen LogP contribution is -2.22. The van der Waals surface area contributed by atoms with Crippen LogP contribution in [-0.2, 0) is 0 Å². The van der Waals surface area contributed by atoms with Gasteiger partial charge in [-0.25, -0.2) is 4.39 Å². The smallest absolute Gasteiger partial charge is 0.142 e. The van der Waals surface area contributed by atoms with Crippen molar-refractivity contribution < 1.29 is 4.39 Å². The normalized spacial score (nSPS) is 11.8. The fraction of sp³-hybridized carbons (Fsp3) is 0.467. The zero-order chi connectivity index (χ0) is 13.4. The van der Waals surface area contributed by atoms with Gasteiger partial charge in [0, 0.05) is 12.5 Å². The van der Waals surface area contributed by atoms with Gasteiger partial charge in [-0.15, -0.1) is 11.8 Å². The molecule has 1 aromatic carbocycles. The molecular weight excluding hydrogens is 249 g/mol. The molecule has 0 aliphatic carbocycles. The molecule has 1 unspecified atom stereocenters. The number of rotatable bonds is 6. The highest BCUT2D eigenvalue weighted by atomic mass is 35.5. The number of benzene rings is 1. The predicted octanol–water partition coefficient (Wildman–Crippen LogP) is 4.32. The second kappa shape index (κ2) is 8.13. The molecular formula is C15H19ClFN. The Hall–Kier alpha value is -1.04. The van der Waals surface area contributed by atoms with E-state index < -0.39 is 0 Å². The van der Waals surface area contributed by atoms with Crippen molar-refractivity contribution >= 4 is 11.6 Å². The molecule has 0 radical (unpaired) electrons. The Kier molecular flexibility index (Phi) is 6.78. The van der Waals surface area contributed by atoms with Crippen LogP contribution in [0, 0.1) is 17.7 Å². The molecule has 1 atom stereocenters. The van der Waals surface area contributed by atoms with Crippen LogP contribution in [0.2, 0.25) is 5.02 Å². The molecule has 0 aliphatic rings. The van der Waals surface area contributed by atoms with E-state index in [4.69, 9.17) is 11.6 Å². The topological polar surface area (TPSA) is 12.0 Å². The van der Waals surface area contributed by atoms with E-state index >= 15 is 0 Å². The maximum atomic E-state index is 13.5. The van der Waals surface area contributed by atoms with Crippen LogP contribution < -0.4 is 5.32 Å². The van der Waals surface area contributed by atoms with E-state index in [0.29, 0.717) is 0 Å². The summed E-state index contributed by atoms with van der Waals surface area (Å²) in [6, 6.07) is 5.13. The average molecular weight is 268 g/mol. The van der Waals surface area contributed by atoms with Gasteiger partial charge in [0.25, 0.3) is 0 Å². The highest BCUT2D eigenvalue weighted by molar-refractivity contribution is 6.30. The first-order valence-corrected chi connectivity index (χ1v) is 6.64. The molecule has 0 heterocycles. The van der Waals surface area contributed by atoms with Crippen molar-refractivity contribution in [1.82, 2.24) is 5.32 Å². The molecule has 0 spiro atoms. The van der Waals surface area contributed by atoms with Gasteiger partial charge in [0.2, 0.25) is 0 Å². The van der Waals surface area contributed by atoms with Crippen molar-refractivity contribution in [2.24, 2.45) is 0 Å². The van der Waals surface area contributed by atoms with Gasteiger partial charge in [0.05, 0.1) is 5.02 Å². The van der Waals surface area contributed by atoms with E-state index in [1.165, 1.54) is 6.07 Å². The van der Waals surface area contributed by atoms with Crippen LogP contribution in [-0.4, -0.2) is 6.54 Å². The Balaban J connectivity index is 2.78. The summed E-state index contributed by atoms with van der Waals surface area (Å²) >= 11 is 5.70. The van der Waals surface area contributed by atoms with Gasteiger partial charge >= 0.3 is 0 Å². The highest BCUT2D eigenvalue weighted by Gasteiger charge is 2.11. The molecule has 18 heavy (non-hydrogen) atoms. The molecule has 0 amide bonds. The molecule has 98 valence electrons. The Morgan fingerprint density at radius 1 is 1.44 bits per heavy atom. The highest BCUT2D eigenvalue weighted by Crippen LogP contribution is 2.23. The van der Waals surface area contributed by atoms with Crippen molar-refractivity contribution in [3.8, 4) is 11.8 Å². The van der Waals surface area contributed by atoms with Crippen LogP contribution in [0.5, 0.6) is 0 Å². The fourth-order valence-corrected chi connectivity index (χ4v) is 1.89. The molecule has 0 aromatic heterocycles. The summed E-state index contributed by atoms with van der Waals surface area (Å²) in [7, 11) is 0. The number of hydrogen-bond acceptors (Lipinski definition) is 1. The summed E-state index contributed by atoms with van der Waals surface area (Å²) in [5, 5.41) is 3.58. The van der Waals surface area contributed by atoms with Gasteiger partial charge in [-0.1, -0.05) is 24.6 Å². The Morgan fingerprint density at radius 2 is 2.22 bits per heavy atom. The third-order valence-electron chi connectivity index (χ3n) is 2.72. The van der Waals surface area contributed by atoms with E-state index in [0.717, 1.165) is 31.4 Å².